The van der Waals surface area contributed by atoms with Crippen LogP contribution in [-0.2, 0) is 4.79 Å². The molecule has 1 saturated heterocycles. The van der Waals surface area contributed by atoms with E-state index in [0.29, 0.717) is 0 Å². The second-order valence-corrected chi connectivity index (χ2v) is 6.70. The molecule has 0 aromatic heterocycles. The molecule has 23 heavy (non-hydrogen) atoms. The lowest BCUT2D eigenvalue weighted by atomic mass is 10.2. The first kappa shape index (κ1) is 17.8. The lowest BCUT2D eigenvalue weighted by Gasteiger charge is -2.32. The molecule has 1 heterocycles. The topological polar surface area (TPSA) is 47.2 Å². The second kappa shape index (κ2) is 8.89. The predicted octanol–water partition coefficient (Wildman–Crippen LogP) is -1.24. The number of carbonyl (C=O) groups excluding carboxylic acids is 1. The van der Waals surface area contributed by atoms with Gasteiger partial charge in [-0.1, -0.05) is 18.2 Å². The molecular weight excluding hydrogens is 290 g/mol. The number of nitrogens with one attached hydrogen (secondary N) is 3. The number of hydrogen-bond acceptors (Lipinski definition) is 2. The summed E-state index contributed by atoms with van der Waals surface area (Å²) in [6.07, 6.45) is 0. The molecule has 0 aliphatic carbocycles. The van der Waals surface area contributed by atoms with E-state index in [1.807, 2.05) is 51.1 Å². The van der Waals surface area contributed by atoms with Gasteiger partial charge in [-0.25, -0.2) is 0 Å². The van der Waals surface area contributed by atoms with E-state index >= 15 is 0 Å². The Labute approximate surface area is 139 Å². The molecule has 0 saturated carbocycles. The van der Waals surface area contributed by atoms with Crippen LogP contribution in [0.3, 0.4) is 0 Å². The Morgan fingerprint density at radius 1 is 1.13 bits per heavy atom. The number of quaternary nitrogens is 2. The number of hydrogen-bond donors (Lipinski definition) is 3. The summed E-state index contributed by atoms with van der Waals surface area (Å²) in [6.45, 7) is 12.1. The van der Waals surface area contributed by atoms with Crippen molar-refractivity contribution in [2.24, 2.45) is 0 Å². The highest BCUT2D eigenvalue weighted by Crippen LogP contribution is 2.06. The van der Waals surface area contributed by atoms with Crippen molar-refractivity contribution in [3.63, 3.8) is 0 Å². The molecule has 5 nitrogen and oxygen atoms in total. The van der Waals surface area contributed by atoms with Gasteiger partial charge in [0, 0.05) is 6.04 Å². The van der Waals surface area contributed by atoms with Crippen molar-refractivity contribution < 1.29 is 19.3 Å². The van der Waals surface area contributed by atoms with Crippen LogP contribution >= 0.6 is 0 Å². The van der Waals surface area contributed by atoms with E-state index in [-0.39, 0.29) is 18.0 Å². The van der Waals surface area contributed by atoms with Crippen LogP contribution in [0.5, 0.6) is 5.75 Å². The molecule has 5 heteroatoms. The first-order chi connectivity index (χ1) is 11.1. The zero-order chi connectivity index (χ0) is 16.7. The molecule has 0 spiro atoms. The zero-order valence-electron chi connectivity index (χ0n) is 14.6. The van der Waals surface area contributed by atoms with Crippen LogP contribution < -0.4 is 19.9 Å². The monoisotopic (exact) mass is 321 g/mol. The van der Waals surface area contributed by atoms with E-state index in [9.17, 15) is 4.79 Å². The number of ether oxygens (including phenoxy) is 1. The Kier molecular flexibility index (Phi) is 6.86. The second-order valence-electron chi connectivity index (χ2n) is 6.70. The third-order valence-electron chi connectivity index (χ3n) is 4.50. The number of rotatable bonds is 7. The summed E-state index contributed by atoms with van der Waals surface area (Å²) in [5, 5.41) is 3.02. The number of amides is 1. The molecule has 1 aromatic carbocycles. The first-order valence-corrected chi connectivity index (χ1v) is 8.72. The van der Waals surface area contributed by atoms with Crippen molar-refractivity contribution >= 4 is 5.91 Å². The van der Waals surface area contributed by atoms with Crippen LogP contribution in [-0.4, -0.2) is 57.3 Å². The van der Waals surface area contributed by atoms with E-state index in [1.54, 1.807) is 4.90 Å². The van der Waals surface area contributed by atoms with Crippen LogP contribution in [0.4, 0.5) is 0 Å². The fourth-order valence-corrected chi connectivity index (χ4v) is 3.03. The Bertz CT molecular complexity index is 470. The summed E-state index contributed by atoms with van der Waals surface area (Å²) in [4.78, 5) is 15.1. The standard InChI is InChI=1S/C18H29N3O2/c1-15(2)19-18(22)16(3)21-11-9-20(10-12-21)13-14-23-17-7-5-4-6-8-17/h4-8,15-16H,9-14H2,1-3H3,(H,19,22)/p+2/t16-/m0/s1. The molecule has 128 valence electrons. The van der Waals surface area contributed by atoms with Gasteiger partial charge in [-0.3, -0.25) is 4.79 Å². The molecular formula is C18H31N3O2+2. The van der Waals surface area contributed by atoms with Crippen LogP contribution in [0.25, 0.3) is 0 Å². The lowest BCUT2D eigenvalue weighted by molar-refractivity contribution is -1.02. The largest absolute Gasteiger partial charge is 0.488 e. The van der Waals surface area contributed by atoms with Gasteiger partial charge in [0.2, 0.25) is 0 Å². The van der Waals surface area contributed by atoms with Crippen LogP contribution in [0.2, 0.25) is 0 Å². The molecule has 0 unspecified atom stereocenters. The maximum Gasteiger partial charge on any atom is 0.278 e. The number of carbonyl (C=O) groups is 1. The van der Waals surface area contributed by atoms with E-state index in [0.717, 1.165) is 45.1 Å². The number of para-hydroxylation sites is 1. The molecule has 0 bridgehead atoms. The molecule has 1 atom stereocenters. The summed E-state index contributed by atoms with van der Waals surface area (Å²) in [6, 6.07) is 10.2. The van der Waals surface area contributed by atoms with Crippen molar-refractivity contribution in [2.45, 2.75) is 32.9 Å². The minimum Gasteiger partial charge on any atom is -0.488 e. The van der Waals surface area contributed by atoms with E-state index in [4.69, 9.17) is 4.74 Å². The van der Waals surface area contributed by atoms with Gasteiger partial charge < -0.3 is 19.9 Å². The fraction of sp³-hybridized carbons (Fsp3) is 0.611. The average molecular weight is 321 g/mol. The van der Waals surface area contributed by atoms with Crippen LogP contribution in [0, 0.1) is 0 Å². The average Bonchev–Trinajstić information content (AvgIpc) is 2.55. The third kappa shape index (κ3) is 5.84. The fourth-order valence-electron chi connectivity index (χ4n) is 3.03. The van der Waals surface area contributed by atoms with Gasteiger partial charge >= 0.3 is 0 Å². The Morgan fingerprint density at radius 3 is 2.39 bits per heavy atom. The van der Waals surface area contributed by atoms with Crippen molar-refractivity contribution in [3.05, 3.63) is 30.3 Å². The molecule has 3 N–H and O–H groups in total. The number of benzene rings is 1. The SMILES string of the molecule is CC(C)NC(=O)[C@H](C)[NH+]1CC[NH+](CCOc2ccccc2)CC1. The van der Waals surface area contributed by atoms with Crippen LogP contribution in [0.1, 0.15) is 20.8 Å². The number of piperazine rings is 1. The van der Waals surface area contributed by atoms with Crippen LogP contribution in [0.15, 0.2) is 30.3 Å². The van der Waals surface area contributed by atoms with Crippen molar-refractivity contribution in [1.82, 2.24) is 5.32 Å². The molecule has 1 amide bonds. The predicted molar refractivity (Wildman–Crippen MR) is 90.9 cm³/mol. The summed E-state index contributed by atoms with van der Waals surface area (Å²) in [5.41, 5.74) is 0. The van der Waals surface area contributed by atoms with E-state index in [1.165, 1.54) is 4.90 Å². The summed E-state index contributed by atoms with van der Waals surface area (Å²) in [7, 11) is 0. The highest BCUT2D eigenvalue weighted by atomic mass is 16.5. The summed E-state index contributed by atoms with van der Waals surface area (Å²) in [5.74, 6) is 1.11. The molecule has 1 fully saturated rings. The van der Waals surface area contributed by atoms with Gasteiger partial charge in [-0.05, 0) is 32.9 Å². The van der Waals surface area contributed by atoms with Gasteiger partial charge in [-0.2, -0.15) is 0 Å². The molecule has 1 aliphatic heterocycles. The third-order valence-corrected chi connectivity index (χ3v) is 4.50. The normalized spacial score (nSPS) is 22.6. The molecule has 0 radical (unpaired) electrons. The quantitative estimate of drug-likeness (QED) is 0.588. The van der Waals surface area contributed by atoms with E-state index in [2.05, 4.69) is 5.32 Å². The Morgan fingerprint density at radius 2 is 1.78 bits per heavy atom. The Balaban J connectivity index is 1.66. The smallest absolute Gasteiger partial charge is 0.278 e. The highest BCUT2D eigenvalue weighted by Gasteiger charge is 2.30. The van der Waals surface area contributed by atoms with Gasteiger partial charge in [-0.15, -0.1) is 0 Å². The molecule has 1 aromatic rings. The van der Waals surface area contributed by atoms with Gasteiger partial charge in [0.05, 0.1) is 0 Å². The molecule has 2 rings (SSSR count). The molecule has 1 aliphatic rings. The first-order valence-electron chi connectivity index (χ1n) is 8.72. The lowest BCUT2D eigenvalue weighted by Crippen LogP contribution is -3.30. The van der Waals surface area contributed by atoms with Gasteiger partial charge in [0.25, 0.3) is 5.91 Å². The summed E-state index contributed by atoms with van der Waals surface area (Å²) >= 11 is 0. The van der Waals surface area contributed by atoms with Gasteiger partial charge in [0.15, 0.2) is 6.04 Å². The highest BCUT2D eigenvalue weighted by molar-refractivity contribution is 5.80. The van der Waals surface area contributed by atoms with Gasteiger partial charge in [0.1, 0.15) is 45.1 Å². The van der Waals surface area contributed by atoms with Crippen molar-refractivity contribution in [3.8, 4) is 5.75 Å². The minimum absolute atomic E-state index is 0.0412. The minimum atomic E-state index is 0.0412. The van der Waals surface area contributed by atoms with Crippen molar-refractivity contribution in [2.75, 3.05) is 39.3 Å². The Hall–Kier alpha value is -1.59. The maximum absolute atomic E-state index is 12.1. The maximum atomic E-state index is 12.1. The van der Waals surface area contributed by atoms with Crippen molar-refractivity contribution in [1.29, 1.82) is 0 Å². The summed E-state index contributed by atoms with van der Waals surface area (Å²) < 4.78 is 5.77. The van der Waals surface area contributed by atoms with E-state index < -0.39 is 0 Å². The zero-order valence-corrected chi connectivity index (χ0v) is 14.6.